The Morgan fingerprint density at radius 3 is 2.40 bits per heavy atom. The van der Waals surface area contributed by atoms with Gasteiger partial charge in [-0.25, -0.2) is 0 Å². The van der Waals surface area contributed by atoms with Crippen LogP contribution in [-0.4, -0.2) is 37.7 Å². The quantitative estimate of drug-likeness (QED) is 0.341. The van der Waals surface area contributed by atoms with Gasteiger partial charge in [-0.15, -0.1) is 0 Å². The topological polar surface area (TPSA) is 106 Å². The van der Waals surface area contributed by atoms with E-state index in [2.05, 4.69) is 50.7 Å². The number of anilines is 2. The molecule has 0 amide bonds. The average Bonchev–Trinajstić information content (AvgIpc) is 3.31. The van der Waals surface area contributed by atoms with Crippen LogP contribution in [0.25, 0.3) is 16.9 Å². The second-order valence-corrected chi connectivity index (χ2v) is 8.18. The molecule has 0 aliphatic heterocycles. The van der Waals surface area contributed by atoms with E-state index in [-0.39, 0.29) is 0 Å². The third-order valence-electron chi connectivity index (χ3n) is 5.85. The van der Waals surface area contributed by atoms with Crippen LogP contribution in [-0.2, 0) is 6.54 Å². The third kappa shape index (κ3) is 6.76. The molecule has 4 N–H and O–H groups in total. The van der Waals surface area contributed by atoms with Crippen molar-refractivity contribution in [3.05, 3.63) is 66.0 Å². The Balaban J connectivity index is 0.000000815. The first-order valence-corrected chi connectivity index (χ1v) is 12.6. The van der Waals surface area contributed by atoms with Crippen molar-refractivity contribution < 1.29 is 0 Å². The van der Waals surface area contributed by atoms with Crippen molar-refractivity contribution in [1.82, 2.24) is 24.6 Å². The highest BCUT2D eigenvalue weighted by Gasteiger charge is 2.17. The molecular weight excluding hydrogens is 436 g/mol. The average molecular weight is 475 g/mol. The maximum absolute atomic E-state index is 4.75. The van der Waals surface area contributed by atoms with Crippen LogP contribution >= 0.6 is 0 Å². The van der Waals surface area contributed by atoms with Gasteiger partial charge in [-0.05, 0) is 44.5 Å². The molecule has 0 radical (unpaired) electrons. The van der Waals surface area contributed by atoms with Crippen LogP contribution < -0.4 is 16.4 Å². The number of nitrogens with zero attached hydrogens (tertiary/aromatic N) is 5. The van der Waals surface area contributed by atoms with Gasteiger partial charge in [0.25, 0.3) is 0 Å². The van der Waals surface area contributed by atoms with E-state index in [1.807, 2.05) is 51.4 Å². The van der Waals surface area contributed by atoms with Crippen LogP contribution in [0.5, 0.6) is 0 Å². The molecule has 0 bridgehead atoms. The molecule has 1 aliphatic carbocycles. The Bertz CT molecular complexity index is 1150. The highest BCUT2D eigenvalue weighted by Crippen LogP contribution is 2.22. The lowest BCUT2D eigenvalue weighted by atomic mass is 9.96. The maximum atomic E-state index is 4.75. The minimum Gasteiger partial charge on any atom is -0.351 e. The zero-order chi connectivity index (χ0) is 25.0. The van der Waals surface area contributed by atoms with Crippen molar-refractivity contribution in [3.63, 3.8) is 0 Å². The smallest absolute Gasteiger partial charge is 0.229 e. The molecule has 0 atom stereocenters. The molecule has 1 saturated carbocycles. The molecule has 1 aromatic carbocycles. The molecule has 186 valence electrons. The van der Waals surface area contributed by atoms with E-state index in [9.17, 15) is 0 Å². The summed E-state index contributed by atoms with van der Waals surface area (Å²) in [5.41, 5.74) is 9.62. The molecule has 0 saturated heterocycles. The highest BCUT2D eigenvalue weighted by atomic mass is 15.4. The van der Waals surface area contributed by atoms with Gasteiger partial charge in [-0.1, -0.05) is 63.4 Å². The highest BCUT2D eigenvalue weighted by molar-refractivity contribution is 5.59. The van der Waals surface area contributed by atoms with Gasteiger partial charge in [0.1, 0.15) is 0 Å². The number of nitrogens with one attached hydrogen (secondary N) is 2. The number of pyridine rings is 1. The Hall–Kier alpha value is -3.52. The summed E-state index contributed by atoms with van der Waals surface area (Å²) in [6.45, 7) is 6.68. The monoisotopic (exact) mass is 474 g/mol. The summed E-state index contributed by atoms with van der Waals surface area (Å²) in [6.07, 6.45) is 9.87. The van der Waals surface area contributed by atoms with Crippen LogP contribution in [0.2, 0.25) is 0 Å². The van der Waals surface area contributed by atoms with Gasteiger partial charge >= 0.3 is 0 Å². The van der Waals surface area contributed by atoms with Crippen molar-refractivity contribution in [2.75, 3.05) is 17.7 Å². The number of hydrogen-bond donors (Lipinski definition) is 3. The second kappa shape index (κ2) is 13.4. The Morgan fingerprint density at radius 2 is 1.71 bits per heavy atom. The fourth-order valence-electron chi connectivity index (χ4n) is 4.10. The van der Waals surface area contributed by atoms with E-state index < -0.39 is 0 Å². The van der Waals surface area contributed by atoms with Crippen molar-refractivity contribution in [2.45, 2.75) is 65.5 Å². The molecule has 4 aromatic rings. The Kier molecular flexibility index (Phi) is 9.98. The number of nitrogens with two attached hydrogens (primary N) is 1. The zero-order valence-electron chi connectivity index (χ0n) is 21.3. The van der Waals surface area contributed by atoms with Gasteiger partial charge in [-0.2, -0.15) is 19.6 Å². The van der Waals surface area contributed by atoms with E-state index in [1.54, 1.807) is 4.52 Å². The van der Waals surface area contributed by atoms with Gasteiger partial charge in [0.15, 0.2) is 5.65 Å². The first kappa shape index (κ1) is 26.1. The van der Waals surface area contributed by atoms with Crippen LogP contribution in [0, 0.1) is 6.92 Å². The van der Waals surface area contributed by atoms with Gasteiger partial charge in [-0.3, -0.25) is 4.98 Å². The summed E-state index contributed by atoms with van der Waals surface area (Å²) >= 11 is 0. The standard InChI is InChI=1S/C24H27N7.C2H6.CH5N/c1-17-15-27-31-22(17)29-23(28-20-7-3-2-4-8-20)30-24(31)26-16-18-10-12-19(13-11-18)21-9-5-6-14-25-21;2*1-2/h5-6,9-15,20H,2-4,7-8,16H2,1H3,(H2,26,28,29,30);1-2H3;2H2,1H3. The molecule has 1 aliphatic rings. The lowest BCUT2D eigenvalue weighted by Gasteiger charge is -2.23. The van der Waals surface area contributed by atoms with Crippen molar-refractivity contribution >= 4 is 17.5 Å². The van der Waals surface area contributed by atoms with Gasteiger partial charge in [0.05, 0.1) is 11.9 Å². The number of hydrogen-bond acceptors (Lipinski definition) is 7. The van der Waals surface area contributed by atoms with Crippen LogP contribution in [0.4, 0.5) is 11.9 Å². The molecule has 3 heterocycles. The Labute approximate surface area is 208 Å². The molecular formula is C27H38N8. The third-order valence-corrected chi connectivity index (χ3v) is 5.85. The first-order valence-electron chi connectivity index (χ1n) is 12.6. The minimum absolute atomic E-state index is 0.450. The number of aromatic nitrogens is 5. The second-order valence-electron chi connectivity index (χ2n) is 8.18. The van der Waals surface area contributed by atoms with E-state index in [0.717, 1.165) is 28.0 Å². The van der Waals surface area contributed by atoms with E-state index in [0.29, 0.717) is 24.5 Å². The minimum atomic E-state index is 0.450. The lowest BCUT2D eigenvalue weighted by Crippen LogP contribution is -2.24. The van der Waals surface area contributed by atoms with Gasteiger partial charge < -0.3 is 16.4 Å². The van der Waals surface area contributed by atoms with Gasteiger partial charge in [0.2, 0.25) is 11.9 Å². The summed E-state index contributed by atoms with van der Waals surface area (Å²) in [5, 5.41) is 11.5. The number of aryl methyl sites for hydroxylation is 1. The molecule has 1 fully saturated rings. The first-order chi connectivity index (χ1) is 17.3. The largest absolute Gasteiger partial charge is 0.351 e. The maximum Gasteiger partial charge on any atom is 0.229 e. The van der Waals surface area contributed by atoms with E-state index in [4.69, 9.17) is 9.97 Å². The van der Waals surface area contributed by atoms with Crippen LogP contribution in [0.1, 0.15) is 57.1 Å². The van der Waals surface area contributed by atoms with Gasteiger partial charge in [0, 0.05) is 29.9 Å². The summed E-state index contributed by atoms with van der Waals surface area (Å²) in [7, 11) is 1.50. The summed E-state index contributed by atoms with van der Waals surface area (Å²) < 4.78 is 1.78. The number of benzene rings is 1. The SMILES string of the molecule is CC.CN.Cc1cnn2c(NCc3ccc(-c4ccccn4)cc3)nc(NC3CCCCC3)nc12. The normalized spacial score (nSPS) is 13.3. The lowest BCUT2D eigenvalue weighted by molar-refractivity contribution is 0.461. The van der Waals surface area contributed by atoms with E-state index in [1.165, 1.54) is 39.2 Å². The number of rotatable bonds is 6. The molecule has 3 aromatic heterocycles. The zero-order valence-corrected chi connectivity index (χ0v) is 21.3. The molecule has 35 heavy (non-hydrogen) atoms. The summed E-state index contributed by atoms with van der Waals surface area (Å²) in [4.78, 5) is 13.9. The molecule has 0 unspecified atom stereocenters. The summed E-state index contributed by atoms with van der Waals surface area (Å²) in [6, 6.07) is 14.8. The van der Waals surface area contributed by atoms with E-state index >= 15 is 0 Å². The Morgan fingerprint density at radius 1 is 0.971 bits per heavy atom. The van der Waals surface area contributed by atoms with Crippen molar-refractivity contribution in [2.24, 2.45) is 5.73 Å². The van der Waals surface area contributed by atoms with Crippen molar-refractivity contribution in [3.8, 4) is 11.3 Å². The van der Waals surface area contributed by atoms with Crippen LogP contribution in [0.15, 0.2) is 54.9 Å². The fourth-order valence-corrected chi connectivity index (χ4v) is 4.10. The summed E-state index contributed by atoms with van der Waals surface area (Å²) in [5.74, 6) is 1.38. The predicted molar refractivity (Wildman–Crippen MR) is 144 cm³/mol. The molecule has 5 rings (SSSR count). The fraction of sp³-hybridized carbons (Fsp3) is 0.407. The number of fused-ring (bicyclic) bond motifs is 1. The van der Waals surface area contributed by atoms with Crippen molar-refractivity contribution in [1.29, 1.82) is 0 Å². The molecule has 8 nitrogen and oxygen atoms in total. The predicted octanol–water partition coefficient (Wildman–Crippen LogP) is 5.45. The molecule has 8 heteroatoms. The van der Waals surface area contributed by atoms with Crippen LogP contribution in [0.3, 0.4) is 0 Å². The molecule has 0 spiro atoms.